The fourth-order valence-corrected chi connectivity index (χ4v) is 2.15. The Labute approximate surface area is 102 Å². The molecule has 3 heteroatoms. The standard InChI is InChI=1S/C14H18N2O/c15-11-12-5-7-14(8-6-12)17-10-2-4-13-3-1-9-16-13/h5-8,13,16H,1-4,9-10H2. The second-order valence-electron chi connectivity index (χ2n) is 4.42. The van der Waals surface area contributed by atoms with Gasteiger partial charge in [-0.15, -0.1) is 0 Å². The maximum atomic E-state index is 8.67. The van der Waals surface area contributed by atoms with Crippen molar-refractivity contribution >= 4 is 0 Å². The zero-order valence-corrected chi connectivity index (χ0v) is 9.98. The summed E-state index contributed by atoms with van der Waals surface area (Å²) in [5.74, 6) is 0.850. The third kappa shape index (κ3) is 3.76. The Balaban J connectivity index is 1.65. The predicted octanol–water partition coefficient (Wildman–Crippen LogP) is 2.47. The molecule has 0 amide bonds. The normalized spacial score (nSPS) is 18.9. The summed E-state index contributed by atoms with van der Waals surface area (Å²) in [6.45, 7) is 1.92. The second kappa shape index (κ2) is 6.27. The van der Waals surface area contributed by atoms with Crippen LogP contribution < -0.4 is 10.1 Å². The fraction of sp³-hybridized carbons (Fsp3) is 0.500. The van der Waals surface area contributed by atoms with Gasteiger partial charge in [0.2, 0.25) is 0 Å². The van der Waals surface area contributed by atoms with Gasteiger partial charge < -0.3 is 10.1 Å². The number of hydrogen-bond acceptors (Lipinski definition) is 3. The minimum Gasteiger partial charge on any atom is -0.494 e. The molecule has 90 valence electrons. The highest BCUT2D eigenvalue weighted by atomic mass is 16.5. The van der Waals surface area contributed by atoms with Crippen molar-refractivity contribution in [1.82, 2.24) is 5.32 Å². The van der Waals surface area contributed by atoms with Gasteiger partial charge in [-0.1, -0.05) is 0 Å². The molecule has 3 nitrogen and oxygen atoms in total. The molecule has 0 spiro atoms. The van der Waals surface area contributed by atoms with E-state index in [1.807, 2.05) is 12.1 Å². The van der Waals surface area contributed by atoms with E-state index >= 15 is 0 Å². The van der Waals surface area contributed by atoms with Crippen LogP contribution in [-0.4, -0.2) is 19.2 Å². The van der Waals surface area contributed by atoms with Gasteiger partial charge >= 0.3 is 0 Å². The molecule has 0 radical (unpaired) electrons. The minimum atomic E-state index is 0.674. The molecule has 17 heavy (non-hydrogen) atoms. The summed E-state index contributed by atoms with van der Waals surface area (Å²) in [7, 11) is 0. The van der Waals surface area contributed by atoms with Crippen LogP contribution in [0.15, 0.2) is 24.3 Å². The smallest absolute Gasteiger partial charge is 0.119 e. The number of nitrogens with zero attached hydrogens (tertiary/aromatic N) is 1. The van der Waals surface area contributed by atoms with Crippen LogP contribution in [0.3, 0.4) is 0 Å². The molecule has 0 bridgehead atoms. The zero-order chi connectivity index (χ0) is 11.9. The van der Waals surface area contributed by atoms with Crippen LogP contribution in [0.5, 0.6) is 5.75 Å². The van der Waals surface area contributed by atoms with Crippen molar-refractivity contribution in [2.45, 2.75) is 31.7 Å². The summed E-state index contributed by atoms with van der Waals surface area (Å²) in [6.07, 6.45) is 4.88. The van der Waals surface area contributed by atoms with Gasteiger partial charge in [0, 0.05) is 6.04 Å². The lowest BCUT2D eigenvalue weighted by Crippen LogP contribution is -2.21. The average molecular weight is 230 g/mol. The van der Waals surface area contributed by atoms with E-state index in [1.165, 1.54) is 25.8 Å². The van der Waals surface area contributed by atoms with Crippen LogP contribution in [0, 0.1) is 11.3 Å². The van der Waals surface area contributed by atoms with E-state index in [-0.39, 0.29) is 0 Å². The molecule has 2 rings (SSSR count). The first-order valence-electron chi connectivity index (χ1n) is 6.25. The van der Waals surface area contributed by atoms with Gasteiger partial charge in [-0.3, -0.25) is 0 Å². The number of nitriles is 1. The molecule has 1 aromatic carbocycles. The van der Waals surface area contributed by atoms with Crippen molar-refractivity contribution in [3.63, 3.8) is 0 Å². The fourth-order valence-electron chi connectivity index (χ4n) is 2.15. The Kier molecular flexibility index (Phi) is 4.40. The van der Waals surface area contributed by atoms with Gasteiger partial charge in [-0.25, -0.2) is 0 Å². The van der Waals surface area contributed by atoms with E-state index < -0.39 is 0 Å². The average Bonchev–Trinajstić information content (AvgIpc) is 2.88. The van der Waals surface area contributed by atoms with Crippen LogP contribution in [0.1, 0.15) is 31.2 Å². The molecule has 1 N–H and O–H groups in total. The van der Waals surface area contributed by atoms with Crippen molar-refractivity contribution in [1.29, 1.82) is 5.26 Å². The molecule has 1 aliphatic rings. The van der Waals surface area contributed by atoms with E-state index in [4.69, 9.17) is 10.00 Å². The lowest BCUT2D eigenvalue weighted by Gasteiger charge is -2.10. The number of ether oxygens (including phenoxy) is 1. The number of nitrogens with one attached hydrogen (secondary N) is 1. The van der Waals surface area contributed by atoms with E-state index in [2.05, 4.69) is 11.4 Å². The lowest BCUT2D eigenvalue weighted by atomic mass is 10.1. The summed E-state index contributed by atoms with van der Waals surface area (Å²) in [6, 6.07) is 10.1. The largest absolute Gasteiger partial charge is 0.494 e. The van der Waals surface area contributed by atoms with Crippen LogP contribution in [0.2, 0.25) is 0 Å². The van der Waals surface area contributed by atoms with Crippen molar-refractivity contribution in [3.8, 4) is 11.8 Å². The highest BCUT2D eigenvalue weighted by Crippen LogP contribution is 2.14. The molecule has 1 atom stereocenters. The highest BCUT2D eigenvalue weighted by Gasteiger charge is 2.12. The van der Waals surface area contributed by atoms with Crippen LogP contribution in [0.4, 0.5) is 0 Å². The molecule has 1 heterocycles. The van der Waals surface area contributed by atoms with Crippen LogP contribution in [-0.2, 0) is 0 Å². The minimum absolute atomic E-state index is 0.674. The van der Waals surface area contributed by atoms with E-state index in [0.717, 1.165) is 18.8 Å². The third-order valence-electron chi connectivity index (χ3n) is 3.11. The lowest BCUT2D eigenvalue weighted by molar-refractivity contribution is 0.299. The van der Waals surface area contributed by atoms with Crippen LogP contribution >= 0.6 is 0 Å². The predicted molar refractivity (Wildman–Crippen MR) is 66.9 cm³/mol. The second-order valence-corrected chi connectivity index (χ2v) is 4.42. The van der Waals surface area contributed by atoms with Crippen molar-refractivity contribution < 1.29 is 4.74 Å². The quantitative estimate of drug-likeness (QED) is 0.790. The maximum Gasteiger partial charge on any atom is 0.119 e. The van der Waals surface area contributed by atoms with Crippen molar-refractivity contribution in [3.05, 3.63) is 29.8 Å². The summed E-state index contributed by atoms with van der Waals surface area (Å²) >= 11 is 0. The summed E-state index contributed by atoms with van der Waals surface area (Å²) in [4.78, 5) is 0. The van der Waals surface area contributed by atoms with Crippen LogP contribution in [0.25, 0.3) is 0 Å². The summed E-state index contributed by atoms with van der Waals surface area (Å²) < 4.78 is 5.63. The van der Waals surface area contributed by atoms with Gasteiger partial charge in [0.1, 0.15) is 5.75 Å². The Hall–Kier alpha value is -1.53. The first-order valence-corrected chi connectivity index (χ1v) is 6.25. The van der Waals surface area contributed by atoms with Gasteiger partial charge in [0.15, 0.2) is 0 Å². The Morgan fingerprint density at radius 3 is 2.82 bits per heavy atom. The first kappa shape index (κ1) is 11.9. The SMILES string of the molecule is N#Cc1ccc(OCCCC2CCCN2)cc1. The molecule has 1 aromatic rings. The van der Waals surface area contributed by atoms with Gasteiger partial charge in [-0.2, -0.15) is 5.26 Å². The first-order chi connectivity index (χ1) is 8.38. The summed E-state index contributed by atoms with van der Waals surface area (Å²) in [5.41, 5.74) is 0.674. The zero-order valence-electron chi connectivity index (χ0n) is 9.98. The summed E-state index contributed by atoms with van der Waals surface area (Å²) in [5, 5.41) is 12.1. The molecule has 1 fully saturated rings. The van der Waals surface area contributed by atoms with Crippen molar-refractivity contribution in [2.24, 2.45) is 0 Å². The topological polar surface area (TPSA) is 45.0 Å². The Morgan fingerprint density at radius 2 is 2.18 bits per heavy atom. The molecule has 1 aliphatic heterocycles. The van der Waals surface area contributed by atoms with Crippen molar-refractivity contribution in [2.75, 3.05) is 13.2 Å². The molecule has 0 aromatic heterocycles. The molecular weight excluding hydrogens is 212 g/mol. The van der Waals surface area contributed by atoms with E-state index in [1.54, 1.807) is 12.1 Å². The molecular formula is C14H18N2O. The maximum absolute atomic E-state index is 8.67. The molecule has 0 aliphatic carbocycles. The van der Waals surface area contributed by atoms with Gasteiger partial charge in [0.25, 0.3) is 0 Å². The number of hydrogen-bond donors (Lipinski definition) is 1. The number of benzene rings is 1. The van der Waals surface area contributed by atoms with E-state index in [9.17, 15) is 0 Å². The van der Waals surface area contributed by atoms with Gasteiger partial charge in [0.05, 0.1) is 18.2 Å². The monoisotopic (exact) mass is 230 g/mol. The Morgan fingerprint density at radius 1 is 1.35 bits per heavy atom. The third-order valence-corrected chi connectivity index (χ3v) is 3.11. The van der Waals surface area contributed by atoms with Gasteiger partial charge in [-0.05, 0) is 56.5 Å². The molecule has 1 unspecified atom stereocenters. The Bertz CT molecular complexity index is 374. The molecule has 0 saturated carbocycles. The highest BCUT2D eigenvalue weighted by molar-refractivity contribution is 5.34. The number of rotatable bonds is 5. The van der Waals surface area contributed by atoms with E-state index in [0.29, 0.717) is 11.6 Å². The molecule has 1 saturated heterocycles.